The van der Waals surface area contributed by atoms with E-state index in [0.717, 1.165) is 9.54 Å². The van der Waals surface area contributed by atoms with Gasteiger partial charge < -0.3 is 10.1 Å². The van der Waals surface area contributed by atoms with Gasteiger partial charge in [0.25, 0.3) is 0 Å². The van der Waals surface area contributed by atoms with Crippen LogP contribution in [0, 0.1) is 0 Å². The van der Waals surface area contributed by atoms with Gasteiger partial charge in [-0.3, -0.25) is 0 Å². The first-order chi connectivity index (χ1) is 8.24. The first-order valence-corrected chi connectivity index (χ1v) is 6.92. The Kier molecular flexibility index (Phi) is 4.20. The third-order valence-corrected chi connectivity index (χ3v) is 4.28. The summed E-state index contributed by atoms with van der Waals surface area (Å²) in [4.78, 5) is 1.28. The van der Waals surface area contributed by atoms with Crippen LogP contribution in [0.1, 0.15) is 16.5 Å². The second kappa shape index (κ2) is 5.67. The second-order valence-electron chi connectivity index (χ2n) is 3.64. The van der Waals surface area contributed by atoms with Crippen molar-refractivity contribution in [1.29, 1.82) is 0 Å². The molecule has 0 bridgehead atoms. The molecular formula is C13H14BrNOS. The van der Waals surface area contributed by atoms with Crippen molar-refractivity contribution in [1.82, 2.24) is 5.32 Å². The molecule has 0 fully saturated rings. The molecular weight excluding hydrogens is 298 g/mol. The van der Waals surface area contributed by atoms with Gasteiger partial charge in [0, 0.05) is 4.88 Å². The molecule has 0 aliphatic heterocycles. The molecule has 90 valence electrons. The Hall–Kier alpha value is -0.840. The van der Waals surface area contributed by atoms with Gasteiger partial charge in [0.2, 0.25) is 0 Å². The number of methoxy groups -OCH3 is 1. The van der Waals surface area contributed by atoms with Gasteiger partial charge in [-0.05, 0) is 52.8 Å². The minimum atomic E-state index is 0.210. The summed E-state index contributed by atoms with van der Waals surface area (Å²) in [5.41, 5.74) is 1.21. The topological polar surface area (TPSA) is 21.3 Å². The van der Waals surface area contributed by atoms with Crippen molar-refractivity contribution in [3.63, 3.8) is 0 Å². The van der Waals surface area contributed by atoms with E-state index in [4.69, 9.17) is 4.74 Å². The van der Waals surface area contributed by atoms with Gasteiger partial charge in [-0.1, -0.05) is 12.1 Å². The van der Waals surface area contributed by atoms with Gasteiger partial charge in [-0.2, -0.15) is 0 Å². The van der Waals surface area contributed by atoms with E-state index in [1.165, 1.54) is 10.4 Å². The van der Waals surface area contributed by atoms with Crippen molar-refractivity contribution >= 4 is 27.3 Å². The molecule has 1 heterocycles. The van der Waals surface area contributed by atoms with E-state index in [1.54, 1.807) is 18.4 Å². The lowest BCUT2D eigenvalue weighted by Gasteiger charge is -2.15. The average molecular weight is 312 g/mol. The Morgan fingerprint density at radius 1 is 1.29 bits per heavy atom. The van der Waals surface area contributed by atoms with Crippen LogP contribution in [0.5, 0.6) is 5.75 Å². The Morgan fingerprint density at radius 3 is 2.71 bits per heavy atom. The molecule has 2 aromatic rings. The minimum absolute atomic E-state index is 0.210. The third kappa shape index (κ3) is 2.89. The van der Waals surface area contributed by atoms with Crippen molar-refractivity contribution in [3.05, 3.63) is 50.6 Å². The number of hydrogen-bond donors (Lipinski definition) is 1. The maximum absolute atomic E-state index is 5.26. The number of ether oxygens (including phenoxy) is 1. The molecule has 1 unspecified atom stereocenters. The highest BCUT2D eigenvalue weighted by molar-refractivity contribution is 9.11. The van der Waals surface area contributed by atoms with Crippen LogP contribution >= 0.6 is 27.3 Å². The summed E-state index contributed by atoms with van der Waals surface area (Å²) in [6, 6.07) is 12.6. The standard InChI is InChI=1S/C13H14BrNOS/c1-15-13(11-6-7-12(14)17-11)9-4-3-5-10(8-9)16-2/h3-8,13,15H,1-2H3. The van der Waals surface area contributed by atoms with Gasteiger partial charge >= 0.3 is 0 Å². The lowest BCUT2D eigenvalue weighted by Crippen LogP contribution is -2.16. The van der Waals surface area contributed by atoms with E-state index in [2.05, 4.69) is 45.5 Å². The van der Waals surface area contributed by atoms with Crippen LogP contribution in [0.15, 0.2) is 40.2 Å². The van der Waals surface area contributed by atoms with Crippen LogP contribution in [0.3, 0.4) is 0 Å². The molecule has 0 spiro atoms. The zero-order chi connectivity index (χ0) is 12.3. The van der Waals surface area contributed by atoms with E-state index in [-0.39, 0.29) is 6.04 Å². The highest BCUT2D eigenvalue weighted by Crippen LogP contribution is 2.32. The summed E-state index contributed by atoms with van der Waals surface area (Å²) in [5.74, 6) is 0.887. The van der Waals surface area contributed by atoms with E-state index in [1.807, 2.05) is 19.2 Å². The maximum Gasteiger partial charge on any atom is 0.119 e. The maximum atomic E-state index is 5.26. The first-order valence-electron chi connectivity index (χ1n) is 5.31. The van der Waals surface area contributed by atoms with Crippen molar-refractivity contribution in [2.45, 2.75) is 6.04 Å². The molecule has 1 N–H and O–H groups in total. The first kappa shape index (κ1) is 12.6. The van der Waals surface area contributed by atoms with Crippen molar-refractivity contribution in [2.75, 3.05) is 14.2 Å². The molecule has 0 radical (unpaired) electrons. The number of rotatable bonds is 4. The van der Waals surface area contributed by atoms with E-state index in [9.17, 15) is 0 Å². The number of hydrogen-bond acceptors (Lipinski definition) is 3. The summed E-state index contributed by atoms with van der Waals surface area (Å²) in [6.45, 7) is 0. The molecule has 17 heavy (non-hydrogen) atoms. The highest BCUT2D eigenvalue weighted by atomic mass is 79.9. The van der Waals surface area contributed by atoms with Crippen LogP contribution in [0.4, 0.5) is 0 Å². The summed E-state index contributed by atoms with van der Waals surface area (Å²) >= 11 is 5.24. The molecule has 0 amide bonds. The SMILES string of the molecule is CNC(c1cccc(OC)c1)c1ccc(Br)s1. The van der Waals surface area contributed by atoms with Crippen molar-refractivity contribution in [3.8, 4) is 5.75 Å². The van der Waals surface area contributed by atoms with Crippen LogP contribution in [-0.4, -0.2) is 14.2 Å². The molecule has 0 saturated carbocycles. The fourth-order valence-electron chi connectivity index (χ4n) is 1.78. The van der Waals surface area contributed by atoms with Gasteiger partial charge in [0.1, 0.15) is 5.75 Å². The van der Waals surface area contributed by atoms with Gasteiger partial charge in [0.15, 0.2) is 0 Å². The Morgan fingerprint density at radius 2 is 2.12 bits per heavy atom. The lowest BCUT2D eigenvalue weighted by molar-refractivity contribution is 0.414. The van der Waals surface area contributed by atoms with E-state index < -0.39 is 0 Å². The molecule has 2 nitrogen and oxygen atoms in total. The highest BCUT2D eigenvalue weighted by Gasteiger charge is 2.14. The predicted molar refractivity (Wildman–Crippen MR) is 75.9 cm³/mol. The molecule has 1 aromatic heterocycles. The molecule has 0 saturated heterocycles. The summed E-state index contributed by atoms with van der Waals surface area (Å²) in [7, 11) is 3.66. The largest absolute Gasteiger partial charge is 0.497 e. The van der Waals surface area contributed by atoms with E-state index in [0.29, 0.717) is 0 Å². The van der Waals surface area contributed by atoms with Crippen LogP contribution in [0.25, 0.3) is 0 Å². The smallest absolute Gasteiger partial charge is 0.119 e. The normalized spacial score (nSPS) is 12.4. The number of thiophene rings is 1. The second-order valence-corrected chi connectivity index (χ2v) is 6.13. The zero-order valence-corrected chi connectivity index (χ0v) is 12.1. The summed E-state index contributed by atoms with van der Waals surface area (Å²) in [5, 5.41) is 3.33. The lowest BCUT2D eigenvalue weighted by atomic mass is 10.1. The van der Waals surface area contributed by atoms with Crippen LogP contribution in [-0.2, 0) is 0 Å². The van der Waals surface area contributed by atoms with E-state index >= 15 is 0 Å². The fourth-order valence-corrected chi connectivity index (χ4v) is 3.34. The van der Waals surface area contributed by atoms with Gasteiger partial charge in [-0.15, -0.1) is 11.3 Å². The van der Waals surface area contributed by atoms with Crippen LogP contribution in [0.2, 0.25) is 0 Å². The van der Waals surface area contributed by atoms with Gasteiger partial charge in [-0.25, -0.2) is 0 Å². The summed E-state index contributed by atoms with van der Waals surface area (Å²) in [6.07, 6.45) is 0. The Labute approximate surface area is 114 Å². The molecule has 1 atom stereocenters. The molecule has 2 rings (SSSR count). The minimum Gasteiger partial charge on any atom is -0.497 e. The van der Waals surface area contributed by atoms with Crippen LogP contribution < -0.4 is 10.1 Å². The summed E-state index contributed by atoms with van der Waals surface area (Å²) < 4.78 is 6.41. The molecule has 4 heteroatoms. The predicted octanol–water partition coefficient (Wildman–Crippen LogP) is 3.83. The van der Waals surface area contributed by atoms with Crippen molar-refractivity contribution < 1.29 is 4.74 Å². The quantitative estimate of drug-likeness (QED) is 0.926. The molecule has 0 aliphatic carbocycles. The molecule has 0 aliphatic rings. The monoisotopic (exact) mass is 311 g/mol. The van der Waals surface area contributed by atoms with Crippen molar-refractivity contribution in [2.24, 2.45) is 0 Å². The Balaban J connectivity index is 2.34. The number of halogens is 1. The average Bonchev–Trinajstić information content (AvgIpc) is 2.77. The molecule has 1 aromatic carbocycles. The fraction of sp³-hybridized carbons (Fsp3) is 0.231. The third-order valence-electron chi connectivity index (χ3n) is 2.59. The van der Waals surface area contributed by atoms with Gasteiger partial charge in [0.05, 0.1) is 16.9 Å². The Bertz CT molecular complexity index is 498. The number of benzene rings is 1. The number of nitrogens with one attached hydrogen (secondary N) is 1. The zero-order valence-electron chi connectivity index (χ0n) is 9.74.